The van der Waals surface area contributed by atoms with Crippen LogP contribution in [0.1, 0.15) is 19.2 Å². The largest absolute Gasteiger partial charge is 0.357 e. The monoisotopic (exact) mass is 509 g/mol. The average Bonchev–Trinajstić information content (AvgIpc) is 3.49. The zero-order valence-electron chi connectivity index (χ0n) is 16.7. The van der Waals surface area contributed by atoms with Crippen LogP contribution in [0.3, 0.4) is 0 Å². The third-order valence-electron chi connectivity index (χ3n) is 5.11. The second kappa shape index (κ2) is 10.7. The Morgan fingerprint density at radius 3 is 2.93 bits per heavy atom. The van der Waals surface area contributed by atoms with Crippen molar-refractivity contribution in [3.63, 3.8) is 0 Å². The molecule has 0 spiro atoms. The van der Waals surface area contributed by atoms with Crippen LogP contribution in [0.5, 0.6) is 0 Å². The van der Waals surface area contributed by atoms with Gasteiger partial charge in [0.15, 0.2) is 11.8 Å². The molecule has 2 aliphatic rings. The summed E-state index contributed by atoms with van der Waals surface area (Å²) in [4.78, 5) is 18.4. The predicted molar refractivity (Wildman–Crippen MR) is 123 cm³/mol. The summed E-state index contributed by atoms with van der Waals surface area (Å²) in [5.74, 6) is 2.08. The quantitative estimate of drug-likeness (QED) is 0.277. The first-order valence-corrected chi connectivity index (χ1v) is 10.00. The molecule has 0 radical (unpaired) electrons. The first kappa shape index (κ1) is 21.7. The molecule has 2 aromatic heterocycles. The summed E-state index contributed by atoms with van der Waals surface area (Å²) in [6.07, 6.45) is 8.05. The summed E-state index contributed by atoms with van der Waals surface area (Å²) in [5, 5.41) is 7.47. The van der Waals surface area contributed by atoms with Gasteiger partial charge in [0.2, 0.25) is 0 Å². The highest BCUT2D eigenvalue weighted by Crippen LogP contribution is 2.18. The van der Waals surface area contributed by atoms with Crippen LogP contribution in [0.4, 0.5) is 0 Å². The lowest BCUT2D eigenvalue weighted by Crippen LogP contribution is -2.43. The van der Waals surface area contributed by atoms with Crippen LogP contribution in [-0.2, 0) is 6.42 Å². The van der Waals surface area contributed by atoms with Gasteiger partial charge in [0.1, 0.15) is 5.69 Å². The lowest BCUT2D eigenvalue weighted by atomic mass is 10.2. The Bertz CT molecular complexity index is 815. The number of rotatable bonds is 6. The number of guanidine groups is 1. The molecule has 8 nitrogen and oxygen atoms in total. The molecular formula is C20H28IN7O. The van der Waals surface area contributed by atoms with Crippen LogP contribution in [-0.4, -0.2) is 76.2 Å². The molecule has 2 aromatic rings. The molecule has 0 aromatic carbocycles. The summed E-state index contributed by atoms with van der Waals surface area (Å²) >= 11 is 0. The van der Waals surface area contributed by atoms with Crippen molar-refractivity contribution in [2.75, 3.05) is 39.3 Å². The molecule has 9 heteroatoms. The number of aromatic nitrogens is 3. The number of halogens is 1. The Balaban J connectivity index is 0.00000240. The summed E-state index contributed by atoms with van der Waals surface area (Å²) in [5.41, 5.74) is 0.692. The number of nitrogens with zero attached hydrogens (tertiary/aromatic N) is 6. The van der Waals surface area contributed by atoms with E-state index in [1.807, 2.05) is 18.2 Å². The molecule has 4 heterocycles. The third-order valence-corrected chi connectivity index (χ3v) is 5.11. The summed E-state index contributed by atoms with van der Waals surface area (Å²) in [7, 11) is 0. The number of hydrogen-bond donors (Lipinski definition) is 1. The van der Waals surface area contributed by atoms with Crippen molar-refractivity contribution in [3.8, 4) is 11.6 Å². The van der Waals surface area contributed by atoms with Crippen LogP contribution in [0.15, 0.2) is 46.1 Å². The van der Waals surface area contributed by atoms with E-state index in [9.17, 15) is 0 Å². The standard InChI is InChI=1S/C20H27N7O.HI/c1-2-21-20(27-14-9-16(15-27)26-12-5-6-13-26)23-11-8-18-24-19(28-25-18)17-7-3-4-10-22-17;/h3-7,10,16H,2,8-9,11-15H2,1H3,(H,21,23);1H. The van der Waals surface area contributed by atoms with Gasteiger partial charge in [-0.25, -0.2) is 0 Å². The highest BCUT2D eigenvalue weighted by atomic mass is 127. The fourth-order valence-electron chi connectivity index (χ4n) is 3.66. The second-order valence-corrected chi connectivity index (χ2v) is 7.03. The predicted octanol–water partition coefficient (Wildman–Crippen LogP) is 2.20. The van der Waals surface area contributed by atoms with Crippen molar-refractivity contribution in [1.82, 2.24) is 30.2 Å². The molecular weight excluding hydrogens is 481 g/mol. The first-order valence-electron chi connectivity index (χ1n) is 10.00. The molecule has 2 aliphatic heterocycles. The van der Waals surface area contributed by atoms with E-state index in [1.165, 1.54) is 6.42 Å². The van der Waals surface area contributed by atoms with E-state index in [4.69, 9.17) is 9.52 Å². The van der Waals surface area contributed by atoms with Crippen LogP contribution in [0.2, 0.25) is 0 Å². The lowest BCUT2D eigenvalue weighted by molar-refractivity contribution is 0.259. The normalized spacial score (nSPS) is 19.6. The van der Waals surface area contributed by atoms with E-state index in [0.717, 1.165) is 38.7 Å². The maximum Gasteiger partial charge on any atom is 0.276 e. The maximum absolute atomic E-state index is 5.32. The van der Waals surface area contributed by atoms with Crippen molar-refractivity contribution in [2.24, 2.45) is 4.99 Å². The molecule has 156 valence electrons. The van der Waals surface area contributed by atoms with Crippen LogP contribution < -0.4 is 5.32 Å². The first-order chi connectivity index (χ1) is 13.8. The van der Waals surface area contributed by atoms with Crippen molar-refractivity contribution in [3.05, 3.63) is 42.4 Å². The Hall–Kier alpha value is -2.01. The van der Waals surface area contributed by atoms with Gasteiger partial charge < -0.3 is 14.7 Å². The van der Waals surface area contributed by atoms with E-state index in [1.54, 1.807) is 6.20 Å². The maximum atomic E-state index is 5.32. The number of aliphatic imine (C=N–C) groups is 1. The minimum absolute atomic E-state index is 0. The number of pyridine rings is 1. The zero-order chi connectivity index (χ0) is 19.2. The highest BCUT2D eigenvalue weighted by molar-refractivity contribution is 14.0. The van der Waals surface area contributed by atoms with E-state index < -0.39 is 0 Å². The second-order valence-electron chi connectivity index (χ2n) is 7.03. The van der Waals surface area contributed by atoms with Gasteiger partial charge in [0.05, 0.1) is 0 Å². The molecule has 1 atom stereocenters. The van der Waals surface area contributed by atoms with Gasteiger partial charge in [-0.05, 0) is 25.5 Å². The van der Waals surface area contributed by atoms with Crippen molar-refractivity contribution >= 4 is 29.9 Å². The van der Waals surface area contributed by atoms with Gasteiger partial charge in [-0.3, -0.25) is 14.9 Å². The summed E-state index contributed by atoms with van der Waals surface area (Å²) < 4.78 is 5.32. The minimum Gasteiger partial charge on any atom is -0.357 e. The summed E-state index contributed by atoms with van der Waals surface area (Å²) in [6, 6.07) is 6.23. The van der Waals surface area contributed by atoms with E-state index in [0.29, 0.717) is 36.4 Å². The highest BCUT2D eigenvalue weighted by Gasteiger charge is 2.29. The van der Waals surface area contributed by atoms with E-state index >= 15 is 0 Å². The van der Waals surface area contributed by atoms with Gasteiger partial charge in [-0.2, -0.15) is 4.98 Å². The van der Waals surface area contributed by atoms with Crippen LogP contribution >= 0.6 is 24.0 Å². The molecule has 1 N–H and O–H groups in total. The Kier molecular flexibility index (Phi) is 7.99. The molecule has 0 aliphatic carbocycles. The van der Waals surface area contributed by atoms with Crippen LogP contribution in [0.25, 0.3) is 11.6 Å². The summed E-state index contributed by atoms with van der Waals surface area (Å²) in [6.45, 7) is 7.79. The molecule has 1 unspecified atom stereocenters. The zero-order valence-corrected chi connectivity index (χ0v) is 19.0. The molecule has 0 amide bonds. The van der Waals surface area contributed by atoms with Crippen LogP contribution in [0, 0.1) is 0 Å². The molecule has 0 bridgehead atoms. The SMILES string of the molecule is CCNC(=NCCc1noc(-c2ccccn2)n1)N1CCC(N2CC=CC2)C1.I. The van der Waals surface area contributed by atoms with Crippen molar-refractivity contribution < 1.29 is 4.52 Å². The molecule has 4 rings (SSSR count). The fourth-order valence-corrected chi connectivity index (χ4v) is 3.66. The Morgan fingerprint density at radius 1 is 1.31 bits per heavy atom. The number of nitrogens with one attached hydrogen (secondary N) is 1. The minimum atomic E-state index is 0. The average molecular weight is 509 g/mol. The van der Waals surface area contributed by atoms with Gasteiger partial charge in [-0.1, -0.05) is 23.4 Å². The van der Waals surface area contributed by atoms with Gasteiger partial charge in [0.25, 0.3) is 5.89 Å². The van der Waals surface area contributed by atoms with Gasteiger partial charge in [-0.15, -0.1) is 24.0 Å². The Labute approximate surface area is 188 Å². The van der Waals surface area contributed by atoms with Crippen molar-refractivity contribution in [1.29, 1.82) is 0 Å². The topological polar surface area (TPSA) is 82.7 Å². The number of likely N-dealkylation sites (tertiary alicyclic amines) is 1. The van der Waals surface area contributed by atoms with Gasteiger partial charge >= 0.3 is 0 Å². The van der Waals surface area contributed by atoms with Crippen molar-refractivity contribution in [2.45, 2.75) is 25.8 Å². The molecule has 29 heavy (non-hydrogen) atoms. The van der Waals surface area contributed by atoms with E-state index in [2.05, 4.69) is 49.3 Å². The Morgan fingerprint density at radius 2 is 2.17 bits per heavy atom. The lowest BCUT2D eigenvalue weighted by Gasteiger charge is -2.25. The molecule has 1 fully saturated rings. The van der Waals surface area contributed by atoms with E-state index in [-0.39, 0.29) is 24.0 Å². The molecule has 0 saturated carbocycles. The molecule has 1 saturated heterocycles. The number of hydrogen-bond acceptors (Lipinski definition) is 6. The fraction of sp³-hybridized carbons (Fsp3) is 0.500. The third kappa shape index (κ3) is 5.53. The smallest absolute Gasteiger partial charge is 0.276 e. The van der Waals surface area contributed by atoms with Gasteiger partial charge in [0, 0.05) is 57.9 Å².